The van der Waals surface area contributed by atoms with E-state index in [2.05, 4.69) is 22.0 Å². The van der Waals surface area contributed by atoms with Gasteiger partial charge in [0, 0.05) is 5.56 Å². The van der Waals surface area contributed by atoms with Crippen LogP contribution in [0.2, 0.25) is 0 Å². The Bertz CT molecular complexity index is 491. The summed E-state index contributed by atoms with van der Waals surface area (Å²) in [4.78, 5) is 0. The molecule has 0 aliphatic heterocycles. The van der Waals surface area contributed by atoms with Crippen LogP contribution in [-0.2, 0) is 0 Å². The quantitative estimate of drug-likeness (QED) is 0.576. The first-order chi connectivity index (χ1) is 7.42. The van der Waals surface area contributed by atoms with Gasteiger partial charge in [-0.15, -0.1) is 11.6 Å². The number of nitrogens with one attached hydrogen (secondary N) is 1. The molecule has 15 heavy (non-hydrogen) atoms. The third-order valence-electron chi connectivity index (χ3n) is 1.99. The fourth-order valence-corrected chi connectivity index (χ4v) is 1.40. The maximum atomic E-state index is 5.51. The molecule has 1 aromatic carbocycles. The Morgan fingerprint density at radius 3 is 2.80 bits per heavy atom. The fourth-order valence-electron chi connectivity index (χ4n) is 1.33. The first-order valence-electron chi connectivity index (χ1n) is 4.55. The number of hydrogen-bond acceptors (Lipinski definition) is 1. The number of aromatic nitrogens is 2. The van der Waals surface area contributed by atoms with Gasteiger partial charge in [0.05, 0.1) is 23.3 Å². The Morgan fingerprint density at radius 1 is 1.27 bits per heavy atom. The van der Waals surface area contributed by atoms with Crippen molar-refractivity contribution in [3.63, 3.8) is 0 Å². The van der Waals surface area contributed by atoms with Crippen LogP contribution in [0.4, 0.5) is 0 Å². The summed E-state index contributed by atoms with van der Waals surface area (Å²) in [5.74, 6) is 6.11. The fraction of sp³-hybridized carbons (Fsp3) is 0.0833. The average Bonchev–Trinajstić information content (AvgIpc) is 2.75. The van der Waals surface area contributed by atoms with Crippen molar-refractivity contribution in [3.8, 4) is 23.1 Å². The molecule has 0 fully saturated rings. The molecule has 2 rings (SSSR count). The van der Waals surface area contributed by atoms with Gasteiger partial charge in [-0.25, -0.2) is 0 Å². The van der Waals surface area contributed by atoms with E-state index in [1.165, 1.54) is 0 Å². The largest absolute Gasteiger partial charge is 0.277 e. The second kappa shape index (κ2) is 4.68. The van der Waals surface area contributed by atoms with Gasteiger partial charge >= 0.3 is 0 Å². The molecule has 1 aromatic heterocycles. The molecule has 0 atom stereocenters. The van der Waals surface area contributed by atoms with Crippen molar-refractivity contribution in [2.45, 2.75) is 0 Å². The minimum Gasteiger partial charge on any atom is -0.277 e. The van der Waals surface area contributed by atoms with Gasteiger partial charge in [0.1, 0.15) is 0 Å². The Kier molecular flexibility index (Phi) is 3.06. The van der Waals surface area contributed by atoms with E-state index in [1.807, 2.05) is 30.3 Å². The second-order valence-electron chi connectivity index (χ2n) is 2.96. The lowest BCUT2D eigenvalue weighted by Crippen LogP contribution is -1.81. The van der Waals surface area contributed by atoms with Crippen LogP contribution in [0.15, 0.2) is 36.5 Å². The molecule has 0 unspecified atom stereocenters. The summed E-state index contributed by atoms with van der Waals surface area (Å²) in [6, 6.07) is 9.96. The monoisotopic (exact) mass is 216 g/mol. The summed E-state index contributed by atoms with van der Waals surface area (Å²) in [5, 5.41) is 6.92. The zero-order valence-corrected chi connectivity index (χ0v) is 8.75. The smallest absolute Gasteiger partial charge is 0.0839 e. The minimum atomic E-state index is 0.333. The number of aromatic amines is 1. The van der Waals surface area contributed by atoms with Crippen LogP contribution in [-0.4, -0.2) is 16.1 Å². The Hall–Kier alpha value is -1.72. The molecule has 0 saturated carbocycles. The van der Waals surface area contributed by atoms with E-state index >= 15 is 0 Å². The highest BCUT2D eigenvalue weighted by molar-refractivity contribution is 6.19. The zero-order chi connectivity index (χ0) is 10.5. The number of nitrogens with zero attached hydrogens (tertiary/aromatic N) is 1. The van der Waals surface area contributed by atoms with Crippen molar-refractivity contribution >= 4 is 11.6 Å². The van der Waals surface area contributed by atoms with Gasteiger partial charge < -0.3 is 0 Å². The van der Waals surface area contributed by atoms with Crippen molar-refractivity contribution in [2.24, 2.45) is 0 Å². The third-order valence-corrected chi connectivity index (χ3v) is 2.13. The first kappa shape index (κ1) is 9.82. The molecule has 0 amide bonds. The van der Waals surface area contributed by atoms with E-state index < -0.39 is 0 Å². The maximum absolute atomic E-state index is 5.51. The minimum absolute atomic E-state index is 0.333. The molecule has 1 heterocycles. The summed E-state index contributed by atoms with van der Waals surface area (Å²) >= 11 is 5.51. The predicted octanol–water partition coefficient (Wildman–Crippen LogP) is 2.67. The molecule has 0 spiro atoms. The lowest BCUT2D eigenvalue weighted by Gasteiger charge is -1.96. The van der Waals surface area contributed by atoms with Crippen LogP contribution in [0.5, 0.6) is 0 Å². The predicted molar refractivity (Wildman–Crippen MR) is 61.6 cm³/mol. The van der Waals surface area contributed by atoms with Gasteiger partial charge in [-0.3, -0.25) is 5.10 Å². The van der Waals surface area contributed by atoms with Crippen molar-refractivity contribution in [1.82, 2.24) is 10.2 Å². The van der Waals surface area contributed by atoms with Crippen LogP contribution in [0.3, 0.4) is 0 Å². The van der Waals surface area contributed by atoms with Crippen molar-refractivity contribution in [3.05, 3.63) is 42.1 Å². The van der Waals surface area contributed by atoms with E-state index in [1.54, 1.807) is 6.20 Å². The van der Waals surface area contributed by atoms with E-state index in [4.69, 9.17) is 11.6 Å². The summed E-state index contributed by atoms with van der Waals surface area (Å²) < 4.78 is 0. The third kappa shape index (κ3) is 2.20. The summed E-state index contributed by atoms with van der Waals surface area (Å²) in [6.07, 6.45) is 1.71. The normalized spacial score (nSPS) is 9.40. The molecule has 74 valence electrons. The number of hydrogen-bond donors (Lipinski definition) is 1. The summed E-state index contributed by atoms with van der Waals surface area (Å²) in [5.41, 5.74) is 2.89. The SMILES string of the molecule is ClCC#Cc1cn[nH]c1-c1ccccc1. The van der Waals surface area contributed by atoms with Gasteiger partial charge in [0.2, 0.25) is 0 Å². The average molecular weight is 217 g/mol. The topological polar surface area (TPSA) is 28.7 Å². The first-order valence-corrected chi connectivity index (χ1v) is 5.09. The number of benzene rings is 1. The standard InChI is InChI=1S/C12H9ClN2/c13-8-4-7-11-9-14-15-12(11)10-5-2-1-3-6-10/h1-3,5-6,9H,8H2,(H,14,15). The van der Waals surface area contributed by atoms with Gasteiger partial charge in [-0.05, 0) is 0 Å². The van der Waals surface area contributed by atoms with Crippen molar-refractivity contribution in [2.75, 3.05) is 5.88 Å². The molecule has 1 N–H and O–H groups in total. The number of rotatable bonds is 1. The highest BCUT2D eigenvalue weighted by Gasteiger charge is 2.03. The molecular formula is C12H9ClN2. The molecule has 2 aromatic rings. The molecule has 0 bridgehead atoms. The molecule has 0 aliphatic rings. The molecule has 3 heteroatoms. The number of halogens is 1. The second-order valence-corrected chi connectivity index (χ2v) is 3.23. The van der Waals surface area contributed by atoms with Gasteiger partial charge in [0.25, 0.3) is 0 Å². The highest BCUT2D eigenvalue weighted by atomic mass is 35.5. The molecule has 0 saturated heterocycles. The van der Waals surface area contributed by atoms with E-state index in [9.17, 15) is 0 Å². The summed E-state index contributed by atoms with van der Waals surface area (Å²) in [6.45, 7) is 0. The van der Waals surface area contributed by atoms with Gasteiger partial charge in [-0.2, -0.15) is 5.10 Å². The highest BCUT2D eigenvalue weighted by Crippen LogP contribution is 2.19. The van der Waals surface area contributed by atoms with Gasteiger partial charge in [-0.1, -0.05) is 42.2 Å². The van der Waals surface area contributed by atoms with E-state index in [0.717, 1.165) is 16.8 Å². The van der Waals surface area contributed by atoms with Crippen LogP contribution in [0.25, 0.3) is 11.3 Å². The van der Waals surface area contributed by atoms with Crippen LogP contribution in [0, 0.1) is 11.8 Å². The lowest BCUT2D eigenvalue weighted by atomic mass is 10.1. The van der Waals surface area contributed by atoms with Crippen molar-refractivity contribution < 1.29 is 0 Å². The van der Waals surface area contributed by atoms with Crippen LogP contribution < -0.4 is 0 Å². The molecular weight excluding hydrogens is 208 g/mol. The summed E-state index contributed by atoms with van der Waals surface area (Å²) in [7, 11) is 0. The van der Waals surface area contributed by atoms with E-state index in [0.29, 0.717) is 5.88 Å². The number of alkyl halides is 1. The number of H-pyrrole nitrogens is 1. The Morgan fingerprint density at radius 2 is 2.07 bits per heavy atom. The Labute approximate surface area is 93.3 Å². The van der Waals surface area contributed by atoms with Crippen molar-refractivity contribution in [1.29, 1.82) is 0 Å². The van der Waals surface area contributed by atoms with Crippen LogP contribution >= 0.6 is 11.6 Å². The lowest BCUT2D eigenvalue weighted by molar-refractivity contribution is 1.10. The van der Waals surface area contributed by atoms with Gasteiger partial charge in [0.15, 0.2) is 0 Å². The molecule has 0 aliphatic carbocycles. The van der Waals surface area contributed by atoms with Crippen LogP contribution in [0.1, 0.15) is 5.56 Å². The molecule has 2 nitrogen and oxygen atoms in total. The zero-order valence-electron chi connectivity index (χ0n) is 8.00. The Balaban J connectivity index is 2.42. The van der Waals surface area contributed by atoms with E-state index in [-0.39, 0.29) is 0 Å². The maximum Gasteiger partial charge on any atom is 0.0839 e. The molecule has 0 radical (unpaired) electrons.